The van der Waals surface area contributed by atoms with E-state index in [1.807, 2.05) is 42.5 Å². The summed E-state index contributed by atoms with van der Waals surface area (Å²) < 4.78 is 5.45. The third kappa shape index (κ3) is 3.19. The number of nitrogens with zero attached hydrogens (tertiary/aromatic N) is 1. The topological polar surface area (TPSA) is 72.6 Å². The number of amides is 2. The number of primary amides is 1. The standard InChI is InChI=1S/C18H20N2O3/c1-18(17(19)22)12-20(8-9-23-18)16(21)11-13-6-7-14-4-2-3-5-15(14)10-13/h2-7,10H,8-9,11-12H2,1H3,(H2,19,22)/t18-/m0/s1. The van der Waals surface area contributed by atoms with Crippen LogP contribution in [0.15, 0.2) is 42.5 Å². The molecule has 2 N–H and O–H groups in total. The van der Waals surface area contributed by atoms with Crippen LogP contribution < -0.4 is 5.73 Å². The van der Waals surface area contributed by atoms with Crippen molar-refractivity contribution in [1.82, 2.24) is 4.90 Å². The summed E-state index contributed by atoms with van der Waals surface area (Å²) in [6, 6.07) is 14.1. The van der Waals surface area contributed by atoms with Crippen LogP contribution in [0, 0.1) is 0 Å². The van der Waals surface area contributed by atoms with Crippen molar-refractivity contribution in [3.8, 4) is 0 Å². The normalized spacial score (nSPS) is 21.3. The summed E-state index contributed by atoms with van der Waals surface area (Å²) in [4.78, 5) is 25.7. The van der Waals surface area contributed by atoms with Crippen LogP contribution >= 0.6 is 0 Å². The van der Waals surface area contributed by atoms with Crippen molar-refractivity contribution in [1.29, 1.82) is 0 Å². The van der Waals surface area contributed by atoms with Crippen LogP contribution in [0.5, 0.6) is 0 Å². The Morgan fingerprint density at radius 2 is 1.96 bits per heavy atom. The lowest BCUT2D eigenvalue weighted by Crippen LogP contribution is -2.58. The van der Waals surface area contributed by atoms with Gasteiger partial charge in [0, 0.05) is 6.54 Å². The molecule has 1 atom stereocenters. The number of carbonyl (C=O) groups excluding carboxylic acids is 2. The second-order valence-electron chi connectivity index (χ2n) is 6.12. The summed E-state index contributed by atoms with van der Waals surface area (Å²) in [5.41, 5.74) is 5.24. The van der Waals surface area contributed by atoms with Crippen LogP contribution in [0.25, 0.3) is 10.8 Å². The Morgan fingerprint density at radius 1 is 1.22 bits per heavy atom. The molecular formula is C18H20N2O3. The molecule has 5 heteroatoms. The van der Waals surface area contributed by atoms with Crippen molar-refractivity contribution in [2.45, 2.75) is 18.9 Å². The lowest BCUT2D eigenvalue weighted by Gasteiger charge is -2.38. The summed E-state index contributed by atoms with van der Waals surface area (Å²) in [5, 5.41) is 2.26. The number of hydrogen-bond donors (Lipinski definition) is 1. The Kier molecular flexibility index (Phi) is 4.05. The van der Waals surface area contributed by atoms with Gasteiger partial charge in [-0.1, -0.05) is 42.5 Å². The molecule has 0 bridgehead atoms. The van der Waals surface area contributed by atoms with E-state index in [0.29, 0.717) is 19.6 Å². The molecule has 1 fully saturated rings. The van der Waals surface area contributed by atoms with Crippen molar-refractivity contribution in [3.63, 3.8) is 0 Å². The zero-order valence-corrected chi connectivity index (χ0v) is 13.1. The van der Waals surface area contributed by atoms with Crippen LogP contribution in [-0.4, -0.2) is 42.0 Å². The largest absolute Gasteiger partial charge is 0.367 e. The molecule has 1 saturated heterocycles. The zero-order valence-electron chi connectivity index (χ0n) is 13.1. The van der Waals surface area contributed by atoms with Gasteiger partial charge < -0.3 is 15.4 Å². The maximum Gasteiger partial charge on any atom is 0.251 e. The van der Waals surface area contributed by atoms with Crippen molar-refractivity contribution in [2.24, 2.45) is 5.73 Å². The third-order valence-electron chi connectivity index (χ3n) is 4.32. The highest BCUT2D eigenvalue weighted by Crippen LogP contribution is 2.20. The van der Waals surface area contributed by atoms with E-state index in [2.05, 4.69) is 0 Å². The molecule has 1 heterocycles. The molecule has 23 heavy (non-hydrogen) atoms. The SMILES string of the molecule is C[C@@]1(C(N)=O)CN(C(=O)Cc2ccc3ccccc3c2)CCO1. The fraction of sp³-hybridized carbons (Fsp3) is 0.333. The maximum absolute atomic E-state index is 12.5. The lowest BCUT2D eigenvalue weighted by atomic mass is 10.0. The number of ether oxygens (including phenoxy) is 1. The fourth-order valence-electron chi connectivity index (χ4n) is 2.87. The smallest absolute Gasteiger partial charge is 0.251 e. The number of hydrogen-bond acceptors (Lipinski definition) is 3. The van der Waals surface area contributed by atoms with Gasteiger partial charge in [-0.2, -0.15) is 0 Å². The van der Waals surface area contributed by atoms with Gasteiger partial charge in [0.1, 0.15) is 0 Å². The van der Waals surface area contributed by atoms with Crippen molar-refractivity contribution >= 4 is 22.6 Å². The molecule has 0 saturated carbocycles. The molecule has 2 amide bonds. The predicted octanol–water partition coefficient (Wildman–Crippen LogP) is 1.49. The van der Waals surface area contributed by atoms with E-state index in [9.17, 15) is 9.59 Å². The van der Waals surface area contributed by atoms with Gasteiger partial charge in [-0.05, 0) is 23.3 Å². The van der Waals surface area contributed by atoms with Crippen LogP contribution in [0.4, 0.5) is 0 Å². The van der Waals surface area contributed by atoms with Crippen LogP contribution in [0.1, 0.15) is 12.5 Å². The number of carbonyl (C=O) groups is 2. The Morgan fingerprint density at radius 3 is 2.70 bits per heavy atom. The first-order valence-corrected chi connectivity index (χ1v) is 7.67. The van der Waals surface area contributed by atoms with E-state index in [-0.39, 0.29) is 12.5 Å². The van der Waals surface area contributed by atoms with Gasteiger partial charge in [0.25, 0.3) is 5.91 Å². The van der Waals surface area contributed by atoms with Gasteiger partial charge in [-0.15, -0.1) is 0 Å². The summed E-state index contributed by atoms with van der Waals surface area (Å²) in [6.07, 6.45) is 0.305. The zero-order chi connectivity index (χ0) is 16.4. The van der Waals surface area contributed by atoms with Crippen molar-refractivity contribution in [2.75, 3.05) is 19.7 Å². The molecule has 120 valence electrons. The maximum atomic E-state index is 12.5. The Labute approximate surface area is 135 Å². The average Bonchev–Trinajstić information content (AvgIpc) is 2.54. The molecule has 5 nitrogen and oxygen atoms in total. The molecule has 1 aliphatic rings. The number of nitrogens with two attached hydrogens (primary N) is 1. The third-order valence-corrected chi connectivity index (χ3v) is 4.32. The molecule has 0 unspecified atom stereocenters. The van der Waals surface area contributed by atoms with Gasteiger partial charge in [0.15, 0.2) is 5.60 Å². The van der Waals surface area contributed by atoms with Gasteiger partial charge >= 0.3 is 0 Å². The van der Waals surface area contributed by atoms with E-state index in [4.69, 9.17) is 10.5 Å². The molecule has 0 aromatic heterocycles. The van der Waals surface area contributed by atoms with Gasteiger partial charge in [0.05, 0.1) is 19.6 Å². The molecule has 0 aliphatic carbocycles. The Balaban J connectivity index is 1.74. The monoisotopic (exact) mass is 312 g/mol. The minimum absolute atomic E-state index is 0.0175. The Bertz CT molecular complexity index is 759. The molecule has 2 aromatic rings. The summed E-state index contributed by atoms with van der Waals surface area (Å²) in [6.45, 7) is 2.64. The van der Waals surface area contributed by atoms with Crippen LogP contribution in [-0.2, 0) is 20.7 Å². The molecular weight excluding hydrogens is 292 g/mol. The number of rotatable bonds is 3. The van der Waals surface area contributed by atoms with Crippen LogP contribution in [0.3, 0.4) is 0 Å². The predicted molar refractivity (Wildman–Crippen MR) is 87.8 cm³/mol. The lowest BCUT2D eigenvalue weighted by molar-refractivity contribution is -0.160. The second kappa shape index (κ2) is 6.01. The van der Waals surface area contributed by atoms with Gasteiger partial charge in [-0.3, -0.25) is 9.59 Å². The van der Waals surface area contributed by atoms with E-state index < -0.39 is 11.5 Å². The first-order valence-electron chi connectivity index (χ1n) is 7.67. The van der Waals surface area contributed by atoms with E-state index >= 15 is 0 Å². The molecule has 1 aliphatic heterocycles. The Hall–Kier alpha value is -2.40. The second-order valence-corrected chi connectivity index (χ2v) is 6.12. The van der Waals surface area contributed by atoms with E-state index in [1.54, 1.807) is 11.8 Å². The van der Waals surface area contributed by atoms with Gasteiger partial charge in [0.2, 0.25) is 5.91 Å². The highest BCUT2D eigenvalue weighted by Gasteiger charge is 2.39. The van der Waals surface area contributed by atoms with Crippen molar-refractivity contribution < 1.29 is 14.3 Å². The van der Waals surface area contributed by atoms with E-state index in [0.717, 1.165) is 16.3 Å². The number of fused-ring (bicyclic) bond motifs is 1. The molecule has 0 spiro atoms. The average molecular weight is 312 g/mol. The minimum atomic E-state index is -1.10. The van der Waals surface area contributed by atoms with Crippen LogP contribution in [0.2, 0.25) is 0 Å². The first kappa shape index (κ1) is 15.5. The summed E-state index contributed by atoms with van der Waals surface area (Å²) >= 11 is 0. The molecule has 3 rings (SSSR count). The molecule has 0 radical (unpaired) electrons. The summed E-state index contributed by atoms with van der Waals surface area (Å²) in [5.74, 6) is -0.559. The fourth-order valence-corrected chi connectivity index (χ4v) is 2.87. The van der Waals surface area contributed by atoms with Gasteiger partial charge in [-0.25, -0.2) is 0 Å². The first-order chi connectivity index (χ1) is 11.0. The quantitative estimate of drug-likeness (QED) is 0.933. The highest BCUT2D eigenvalue weighted by molar-refractivity contribution is 5.87. The number of morpholine rings is 1. The van der Waals surface area contributed by atoms with E-state index in [1.165, 1.54) is 0 Å². The minimum Gasteiger partial charge on any atom is -0.367 e. The molecule has 2 aromatic carbocycles. The highest BCUT2D eigenvalue weighted by atomic mass is 16.5. The summed E-state index contributed by atoms with van der Waals surface area (Å²) in [7, 11) is 0. The van der Waals surface area contributed by atoms with Crippen molar-refractivity contribution in [3.05, 3.63) is 48.0 Å². The number of benzene rings is 2.